The highest BCUT2D eigenvalue weighted by molar-refractivity contribution is 5.48. The number of para-hydroxylation sites is 1. The number of hydrogen-bond donors (Lipinski definition) is 2. The van der Waals surface area contributed by atoms with Gasteiger partial charge < -0.3 is 20.9 Å². The van der Waals surface area contributed by atoms with Gasteiger partial charge in [-0.15, -0.1) is 0 Å². The van der Waals surface area contributed by atoms with Gasteiger partial charge in [0.05, 0.1) is 0 Å². The highest BCUT2D eigenvalue weighted by Crippen LogP contribution is 2.36. The zero-order valence-electron chi connectivity index (χ0n) is 8.61. The molecule has 0 saturated heterocycles. The van der Waals surface area contributed by atoms with Crippen molar-refractivity contribution < 1.29 is 9.47 Å². The van der Waals surface area contributed by atoms with Gasteiger partial charge >= 0.3 is 0 Å². The van der Waals surface area contributed by atoms with Crippen LogP contribution >= 0.6 is 0 Å². The van der Waals surface area contributed by atoms with Crippen molar-refractivity contribution in [3.8, 4) is 11.5 Å². The lowest BCUT2D eigenvalue weighted by Gasteiger charge is -2.23. The summed E-state index contributed by atoms with van der Waals surface area (Å²) in [5, 5.41) is 0. The molecule has 0 radical (unpaired) electrons. The maximum absolute atomic E-state index is 6.01. The van der Waals surface area contributed by atoms with Crippen LogP contribution in [0, 0.1) is 0 Å². The summed E-state index contributed by atoms with van der Waals surface area (Å²) in [4.78, 5) is 0. The normalized spacial score (nSPS) is 16.1. The van der Waals surface area contributed by atoms with E-state index in [0.717, 1.165) is 23.5 Å². The number of nitrogens with two attached hydrogens (primary N) is 2. The Morgan fingerprint density at radius 1 is 1.27 bits per heavy atom. The van der Waals surface area contributed by atoms with E-state index in [0.29, 0.717) is 19.8 Å². The van der Waals surface area contributed by atoms with Crippen LogP contribution in [0.4, 0.5) is 0 Å². The molecule has 1 aliphatic rings. The minimum atomic E-state index is -0.0772. The molecular weight excluding hydrogens is 192 g/mol. The Hall–Kier alpha value is -1.26. The van der Waals surface area contributed by atoms with Gasteiger partial charge in [-0.1, -0.05) is 12.1 Å². The van der Waals surface area contributed by atoms with Gasteiger partial charge in [-0.3, -0.25) is 0 Å². The van der Waals surface area contributed by atoms with E-state index in [4.69, 9.17) is 20.9 Å². The summed E-state index contributed by atoms with van der Waals surface area (Å²) in [7, 11) is 0. The van der Waals surface area contributed by atoms with Crippen molar-refractivity contribution in [1.82, 2.24) is 0 Å². The van der Waals surface area contributed by atoms with Crippen LogP contribution in [0.15, 0.2) is 18.2 Å². The predicted molar refractivity (Wildman–Crippen MR) is 58.0 cm³/mol. The lowest BCUT2D eigenvalue weighted by molar-refractivity contribution is 0.169. The van der Waals surface area contributed by atoms with Crippen molar-refractivity contribution in [2.45, 2.75) is 12.5 Å². The van der Waals surface area contributed by atoms with Crippen LogP contribution in [0.3, 0.4) is 0 Å². The van der Waals surface area contributed by atoms with E-state index in [9.17, 15) is 0 Å². The Bertz CT molecular complexity index is 341. The molecule has 0 saturated carbocycles. The van der Waals surface area contributed by atoms with Gasteiger partial charge in [0.2, 0.25) is 0 Å². The van der Waals surface area contributed by atoms with Crippen molar-refractivity contribution in [2.24, 2.45) is 11.5 Å². The van der Waals surface area contributed by atoms with Crippen molar-refractivity contribution in [2.75, 3.05) is 19.8 Å². The number of rotatable bonds is 3. The molecular formula is C11H16N2O2. The predicted octanol–water partition coefficient (Wildman–Crippen LogP) is 0.806. The minimum Gasteiger partial charge on any atom is -0.486 e. The summed E-state index contributed by atoms with van der Waals surface area (Å²) in [6, 6.07) is 5.71. The molecule has 1 aromatic carbocycles. The summed E-state index contributed by atoms with van der Waals surface area (Å²) in [6.45, 7) is 1.76. The number of ether oxygens (including phenoxy) is 2. The van der Waals surface area contributed by atoms with E-state index >= 15 is 0 Å². The third kappa shape index (κ3) is 2.06. The molecule has 1 atom stereocenters. The Balaban J connectivity index is 2.30. The Kier molecular flexibility index (Phi) is 3.08. The van der Waals surface area contributed by atoms with Gasteiger partial charge in [0.15, 0.2) is 11.5 Å². The zero-order valence-corrected chi connectivity index (χ0v) is 8.61. The second-order valence-corrected chi connectivity index (χ2v) is 3.56. The first-order valence-corrected chi connectivity index (χ1v) is 5.17. The molecule has 1 aliphatic heterocycles. The average molecular weight is 208 g/mol. The molecule has 0 unspecified atom stereocenters. The standard InChI is InChI=1S/C11H16N2O2/c12-5-4-9(13)8-2-1-3-10-11(8)15-7-6-14-10/h1-3,9H,4-7,12-13H2/t9-/m1/s1. The van der Waals surface area contributed by atoms with Crippen LogP contribution in [0.2, 0.25) is 0 Å². The minimum absolute atomic E-state index is 0.0772. The molecule has 1 aromatic rings. The third-order valence-electron chi connectivity index (χ3n) is 2.47. The van der Waals surface area contributed by atoms with Gasteiger partial charge in [-0.2, -0.15) is 0 Å². The molecule has 82 valence electrons. The van der Waals surface area contributed by atoms with Crippen molar-refractivity contribution in [3.63, 3.8) is 0 Å². The van der Waals surface area contributed by atoms with Gasteiger partial charge in [0, 0.05) is 11.6 Å². The van der Waals surface area contributed by atoms with Crippen LogP contribution in [0.5, 0.6) is 11.5 Å². The summed E-state index contributed by atoms with van der Waals surface area (Å²) in [5.41, 5.74) is 12.5. The Morgan fingerprint density at radius 3 is 2.87 bits per heavy atom. The first-order chi connectivity index (χ1) is 7.33. The van der Waals surface area contributed by atoms with Gasteiger partial charge in [0.1, 0.15) is 13.2 Å². The van der Waals surface area contributed by atoms with Gasteiger partial charge in [-0.25, -0.2) is 0 Å². The molecule has 4 N–H and O–H groups in total. The molecule has 0 amide bonds. The maximum Gasteiger partial charge on any atom is 0.166 e. The molecule has 1 heterocycles. The maximum atomic E-state index is 6.01. The van der Waals surface area contributed by atoms with Crippen molar-refractivity contribution in [1.29, 1.82) is 0 Å². The third-order valence-corrected chi connectivity index (χ3v) is 2.47. The fourth-order valence-corrected chi connectivity index (χ4v) is 1.72. The lowest BCUT2D eigenvalue weighted by Crippen LogP contribution is -2.20. The molecule has 0 bridgehead atoms. The molecule has 0 aliphatic carbocycles. The fourth-order valence-electron chi connectivity index (χ4n) is 1.72. The van der Waals surface area contributed by atoms with E-state index in [-0.39, 0.29) is 6.04 Å². The largest absolute Gasteiger partial charge is 0.486 e. The Morgan fingerprint density at radius 2 is 2.07 bits per heavy atom. The highest BCUT2D eigenvalue weighted by atomic mass is 16.6. The summed E-state index contributed by atoms with van der Waals surface area (Å²) >= 11 is 0. The second-order valence-electron chi connectivity index (χ2n) is 3.56. The molecule has 15 heavy (non-hydrogen) atoms. The smallest absolute Gasteiger partial charge is 0.166 e. The molecule has 4 nitrogen and oxygen atoms in total. The zero-order chi connectivity index (χ0) is 10.7. The Labute approximate surface area is 89.2 Å². The fraction of sp³-hybridized carbons (Fsp3) is 0.455. The van der Waals surface area contributed by atoms with Gasteiger partial charge in [-0.05, 0) is 19.0 Å². The molecule has 0 spiro atoms. The molecule has 2 rings (SSSR count). The average Bonchev–Trinajstić information content (AvgIpc) is 2.28. The molecule has 4 heteroatoms. The highest BCUT2D eigenvalue weighted by Gasteiger charge is 2.18. The first-order valence-electron chi connectivity index (χ1n) is 5.17. The van der Waals surface area contributed by atoms with E-state index in [1.807, 2.05) is 18.2 Å². The van der Waals surface area contributed by atoms with Gasteiger partial charge in [0.25, 0.3) is 0 Å². The van der Waals surface area contributed by atoms with Crippen LogP contribution < -0.4 is 20.9 Å². The van der Waals surface area contributed by atoms with E-state index < -0.39 is 0 Å². The van der Waals surface area contributed by atoms with Crippen LogP contribution in [-0.2, 0) is 0 Å². The van der Waals surface area contributed by atoms with Crippen LogP contribution in [0.1, 0.15) is 18.0 Å². The number of benzene rings is 1. The van der Waals surface area contributed by atoms with Crippen molar-refractivity contribution in [3.05, 3.63) is 23.8 Å². The molecule has 0 aromatic heterocycles. The monoisotopic (exact) mass is 208 g/mol. The quantitative estimate of drug-likeness (QED) is 0.771. The lowest BCUT2D eigenvalue weighted by atomic mass is 10.0. The number of hydrogen-bond acceptors (Lipinski definition) is 4. The van der Waals surface area contributed by atoms with Crippen molar-refractivity contribution >= 4 is 0 Å². The second kappa shape index (κ2) is 4.51. The van der Waals surface area contributed by atoms with Crippen LogP contribution in [-0.4, -0.2) is 19.8 Å². The van der Waals surface area contributed by atoms with Crippen LogP contribution in [0.25, 0.3) is 0 Å². The van der Waals surface area contributed by atoms with E-state index in [1.54, 1.807) is 0 Å². The first kappa shape index (κ1) is 10.3. The summed E-state index contributed by atoms with van der Waals surface area (Å²) in [6.07, 6.45) is 0.750. The topological polar surface area (TPSA) is 70.5 Å². The molecule has 0 fully saturated rings. The summed E-state index contributed by atoms with van der Waals surface area (Å²) in [5.74, 6) is 1.57. The SMILES string of the molecule is NCC[C@@H](N)c1cccc2c1OCCO2. The van der Waals surface area contributed by atoms with E-state index in [1.165, 1.54) is 0 Å². The van der Waals surface area contributed by atoms with E-state index in [2.05, 4.69) is 0 Å². The summed E-state index contributed by atoms with van der Waals surface area (Å²) < 4.78 is 11.1. The number of fused-ring (bicyclic) bond motifs is 1.